The van der Waals surface area contributed by atoms with Crippen molar-refractivity contribution in [2.75, 3.05) is 0 Å². The van der Waals surface area contributed by atoms with Crippen LogP contribution in [0.4, 0.5) is 0 Å². The van der Waals surface area contributed by atoms with Crippen LogP contribution in [0, 0.1) is 0 Å². The topological polar surface area (TPSA) is 60.7 Å². The second-order valence-corrected chi connectivity index (χ2v) is 8.33. The molecule has 1 saturated carbocycles. The molecule has 3 nitrogen and oxygen atoms in total. The van der Waals surface area contributed by atoms with Crippen LogP contribution in [0.1, 0.15) is 69.6 Å². The first-order chi connectivity index (χ1) is 11.7. The molecule has 0 bridgehead atoms. The third kappa shape index (κ3) is 3.20. The Labute approximate surface area is 150 Å². The maximum Gasteiger partial charge on any atom is 0.157 e. The second-order valence-electron chi connectivity index (χ2n) is 8.33. The lowest BCUT2D eigenvalue weighted by Crippen LogP contribution is -2.31. The van der Waals surface area contributed by atoms with E-state index in [0.29, 0.717) is 5.75 Å². The van der Waals surface area contributed by atoms with E-state index in [9.17, 15) is 15.3 Å². The number of phenolic OH excluding ortho intramolecular Hbond substituents is 3. The van der Waals surface area contributed by atoms with Crippen molar-refractivity contribution in [3.05, 3.63) is 53.1 Å². The van der Waals surface area contributed by atoms with Crippen LogP contribution in [0.15, 0.2) is 36.4 Å². The molecule has 0 saturated heterocycles. The van der Waals surface area contributed by atoms with Gasteiger partial charge in [-0.05, 0) is 53.1 Å². The summed E-state index contributed by atoms with van der Waals surface area (Å²) in [4.78, 5) is 0. The van der Waals surface area contributed by atoms with E-state index in [0.717, 1.165) is 36.8 Å². The lowest BCUT2D eigenvalue weighted by Gasteiger charge is -2.39. The third-order valence-electron chi connectivity index (χ3n) is 5.59. The number of benzene rings is 2. The summed E-state index contributed by atoms with van der Waals surface area (Å²) in [6, 6.07) is 11.1. The van der Waals surface area contributed by atoms with Gasteiger partial charge in [-0.2, -0.15) is 0 Å². The van der Waals surface area contributed by atoms with Crippen molar-refractivity contribution in [2.45, 2.75) is 63.7 Å². The van der Waals surface area contributed by atoms with Crippen LogP contribution in [-0.4, -0.2) is 15.3 Å². The van der Waals surface area contributed by atoms with Crippen molar-refractivity contribution >= 4 is 0 Å². The van der Waals surface area contributed by atoms with Gasteiger partial charge in [0.25, 0.3) is 0 Å². The molecule has 0 heterocycles. The van der Waals surface area contributed by atoms with E-state index in [2.05, 4.69) is 26.8 Å². The highest BCUT2D eigenvalue weighted by atomic mass is 16.3. The Hall–Kier alpha value is -2.16. The Balaban J connectivity index is 2.18. The normalized spacial score (nSPS) is 17.4. The monoisotopic (exact) mass is 340 g/mol. The van der Waals surface area contributed by atoms with Crippen molar-refractivity contribution in [3.8, 4) is 17.2 Å². The van der Waals surface area contributed by atoms with Crippen LogP contribution < -0.4 is 0 Å². The van der Waals surface area contributed by atoms with Crippen LogP contribution >= 0.6 is 0 Å². The summed E-state index contributed by atoms with van der Waals surface area (Å²) in [5, 5.41) is 30.1. The second kappa shape index (κ2) is 6.29. The van der Waals surface area contributed by atoms with Crippen molar-refractivity contribution < 1.29 is 15.3 Å². The molecular formula is C22H28O3. The zero-order chi connectivity index (χ0) is 18.2. The predicted octanol–water partition coefficient (Wildman–Crippen LogP) is 5.35. The van der Waals surface area contributed by atoms with Gasteiger partial charge in [-0.1, -0.05) is 58.2 Å². The summed E-state index contributed by atoms with van der Waals surface area (Å²) < 4.78 is 0. The van der Waals surface area contributed by atoms with E-state index < -0.39 is 0 Å². The van der Waals surface area contributed by atoms with Crippen molar-refractivity contribution in [1.29, 1.82) is 0 Å². The summed E-state index contributed by atoms with van der Waals surface area (Å²) in [6.45, 7) is 6.31. The van der Waals surface area contributed by atoms with E-state index in [1.807, 2.05) is 12.1 Å². The van der Waals surface area contributed by atoms with Gasteiger partial charge in [0, 0.05) is 5.41 Å². The van der Waals surface area contributed by atoms with E-state index in [4.69, 9.17) is 0 Å². The molecule has 1 aliphatic carbocycles. The minimum atomic E-state index is -0.183. The Morgan fingerprint density at radius 1 is 0.720 bits per heavy atom. The van der Waals surface area contributed by atoms with Crippen LogP contribution in [0.5, 0.6) is 17.2 Å². The Morgan fingerprint density at radius 2 is 1.28 bits per heavy atom. The van der Waals surface area contributed by atoms with Crippen molar-refractivity contribution in [2.24, 2.45) is 0 Å². The molecule has 2 aromatic carbocycles. The van der Waals surface area contributed by atoms with Gasteiger partial charge in [0.05, 0.1) is 0 Å². The molecule has 0 atom stereocenters. The molecule has 25 heavy (non-hydrogen) atoms. The molecule has 134 valence electrons. The SMILES string of the molecule is CC(C)(C)c1cc(C2(c3ccc(O)c(O)c3)CCCCC2)ccc1O. The highest BCUT2D eigenvalue weighted by Crippen LogP contribution is 2.48. The molecule has 0 aromatic heterocycles. The molecule has 0 radical (unpaired) electrons. The Bertz CT molecular complexity index is 765. The molecule has 0 amide bonds. The fourth-order valence-electron chi connectivity index (χ4n) is 4.15. The smallest absolute Gasteiger partial charge is 0.157 e. The van der Waals surface area contributed by atoms with Gasteiger partial charge in [0.15, 0.2) is 11.5 Å². The quantitative estimate of drug-likeness (QED) is 0.646. The predicted molar refractivity (Wildman–Crippen MR) is 100 cm³/mol. The van der Waals surface area contributed by atoms with Gasteiger partial charge in [-0.3, -0.25) is 0 Å². The summed E-state index contributed by atoms with van der Waals surface area (Å²) in [5.41, 5.74) is 2.83. The first kappa shape index (κ1) is 17.7. The summed E-state index contributed by atoms with van der Waals surface area (Å²) in [5.74, 6) is 0.170. The van der Waals surface area contributed by atoms with Crippen LogP contribution in [0.3, 0.4) is 0 Å². The maximum absolute atomic E-state index is 10.3. The minimum absolute atomic E-state index is 0.0720. The molecule has 0 aliphatic heterocycles. The van der Waals surface area contributed by atoms with E-state index >= 15 is 0 Å². The molecule has 1 fully saturated rings. The number of phenols is 3. The molecule has 1 aliphatic rings. The van der Waals surface area contributed by atoms with Crippen LogP contribution in [0.25, 0.3) is 0 Å². The summed E-state index contributed by atoms with van der Waals surface area (Å²) >= 11 is 0. The minimum Gasteiger partial charge on any atom is -0.508 e. The highest BCUT2D eigenvalue weighted by molar-refractivity contribution is 5.51. The van der Waals surface area contributed by atoms with Gasteiger partial charge in [-0.25, -0.2) is 0 Å². The zero-order valence-corrected chi connectivity index (χ0v) is 15.3. The van der Waals surface area contributed by atoms with Crippen molar-refractivity contribution in [1.82, 2.24) is 0 Å². The van der Waals surface area contributed by atoms with Gasteiger partial charge in [0.1, 0.15) is 5.75 Å². The van der Waals surface area contributed by atoms with Gasteiger partial charge in [0.2, 0.25) is 0 Å². The fourth-order valence-corrected chi connectivity index (χ4v) is 4.15. The number of hydrogen-bond acceptors (Lipinski definition) is 3. The molecule has 2 aromatic rings. The third-order valence-corrected chi connectivity index (χ3v) is 5.59. The Morgan fingerprint density at radius 3 is 1.84 bits per heavy atom. The number of rotatable bonds is 2. The Kier molecular flexibility index (Phi) is 4.44. The zero-order valence-electron chi connectivity index (χ0n) is 15.3. The molecule has 3 N–H and O–H groups in total. The van der Waals surface area contributed by atoms with E-state index in [1.165, 1.54) is 12.0 Å². The summed E-state index contributed by atoms with van der Waals surface area (Å²) in [6.07, 6.45) is 5.49. The lowest BCUT2D eigenvalue weighted by molar-refractivity contribution is 0.341. The molecule has 0 unspecified atom stereocenters. The summed E-state index contributed by atoms with van der Waals surface area (Å²) in [7, 11) is 0. The van der Waals surface area contributed by atoms with Crippen LogP contribution in [-0.2, 0) is 10.8 Å². The van der Waals surface area contributed by atoms with E-state index in [-0.39, 0.29) is 22.3 Å². The van der Waals surface area contributed by atoms with Gasteiger partial charge >= 0.3 is 0 Å². The molecule has 3 heteroatoms. The number of aromatic hydroxyl groups is 3. The average Bonchev–Trinajstić information content (AvgIpc) is 2.57. The lowest BCUT2D eigenvalue weighted by atomic mass is 9.64. The van der Waals surface area contributed by atoms with E-state index in [1.54, 1.807) is 18.2 Å². The average molecular weight is 340 g/mol. The molecule has 3 rings (SSSR count). The van der Waals surface area contributed by atoms with Gasteiger partial charge in [-0.15, -0.1) is 0 Å². The highest BCUT2D eigenvalue weighted by Gasteiger charge is 2.37. The first-order valence-corrected chi connectivity index (χ1v) is 9.10. The standard InChI is InChI=1S/C22H28O3/c1-21(2,3)17-13-15(7-9-18(17)23)22(11-5-4-6-12-22)16-8-10-19(24)20(25)14-16/h7-10,13-14,23-25H,4-6,11-12H2,1-3H3. The van der Waals surface area contributed by atoms with Gasteiger partial charge < -0.3 is 15.3 Å². The largest absolute Gasteiger partial charge is 0.508 e. The first-order valence-electron chi connectivity index (χ1n) is 9.10. The maximum atomic E-state index is 10.3. The number of hydrogen-bond donors (Lipinski definition) is 3. The molecule has 0 spiro atoms. The fraction of sp³-hybridized carbons (Fsp3) is 0.455. The van der Waals surface area contributed by atoms with Crippen molar-refractivity contribution in [3.63, 3.8) is 0 Å². The molecular weight excluding hydrogens is 312 g/mol. The van der Waals surface area contributed by atoms with Crippen LogP contribution in [0.2, 0.25) is 0 Å².